The normalized spacial score (nSPS) is 11.7. The van der Waals surface area contributed by atoms with Crippen LogP contribution < -0.4 is 5.32 Å². The summed E-state index contributed by atoms with van der Waals surface area (Å²) in [5, 5.41) is 3.25. The summed E-state index contributed by atoms with van der Waals surface area (Å²) in [6.45, 7) is 1.48. The van der Waals surface area contributed by atoms with Crippen molar-refractivity contribution in [3.63, 3.8) is 0 Å². The fraction of sp³-hybridized carbons (Fsp3) is 0.263. The molecule has 1 aromatic carbocycles. The average molecular weight is 394 g/mol. The lowest BCUT2D eigenvalue weighted by Crippen LogP contribution is -2.25. The van der Waals surface area contributed by atoms with Crippen molar-refractivity contribution < 1.29 is 22.4 Å². The van der Waals surface area contributed by atoms with Gasteiger partial charge in [-0.05, 0) is 36.8 Å². The number of hydrogen-bond donors (Lipinski definition) is 1. The molecule has 2 heterocycles. The van der Waals surface area contributed by atoms with Gasteiger partial charge in [0.2, 0.25) is 5.91 Å². The lowest BCUT2D eigenvalue weighted by Gasteiger charge is -2.17. The molecule has 0 aliphatic carbocycles. The standard InChI is InChI=1S/C19H18F4N4O/c1-11-8-12(20)9-14(19(21,22)23)17(11)25-18-13-5-7-27(10-16(28)26(2)3)15(13)4-6-24-18/h4-9H,10H2,1-3H3,(H,24,25). The second kappa shape index (κ2) is 7.14. The summed E-state index contributed by atoms with van der Waals surface area (Å²) in [5.41, 5.74) is -0.619. The maximum absolute atomic E-state index is 13.5. The van der Waals surface area contributed by atoms with Crippen LogP contribution in [0, 0.1) is 12.7 Å². The molecule has 0 atom stereocenters. The first kappa shape index (κ1) is 19.7. The second-order valence-corrected chi connectivity index (χ2v) is 6.59. The molecule has 0 radical (unpaired) electrons. The van der Waals surface area contributed by atoms with Crippen molar-refractivity contribution >= 4 is 28.3 Å². The summed E-state index contributed by atoms with van der Waals surface area (Å²) in [6.07, 6.45) is -1.62. The van der Waals surface area contributed by atoms with Gasteiger partial charge in [-0.2, -0.15) is 13.2 Å². The molecule has 2 aromatic heterocycles. The molecule has 1 amide bonds. The summed E-state index contributed by atoms with van der Waals surface area (Å²) >= 11 is 0. The minimum atomic E-state index is -4.73. The molecule has 9 heteroatoms. The molecule has 0 unspecified atom stereocenters. The number of benzene rings is 1. The highest BCUT2D eigenvalue weighted by Gasteiger charge is 2.35. The third-order valence-electron chi connectivity index (χ3n) is 4.35. The number of carbonyl (C=O) groups excluding carboxylic acids is 1. The fourth-order valence-corrected chi connectivity index (χ4v) is 2.90. The van der Waals surface area contributed by atoms with Crippen LogP contribution in [-0.4, -0.2) is 34.5 Å². The molecule has 5 nitrogen and oxygen atoms in total. The minimum absolute atomic E-state index is 0.0866. The number of carbonyl (C=O) groups is 1. The predicted molar refractivity (Wildman–Crippen MR) is 97.8 cm³/mol. The number of nitrogens with one attached hydrogen (secondary N) is 1. The smallest absolute Gasteiger partial charge is 0.347 e. The first-order valence-corrected chi connectivity index (χ1v) is 8.36. The molecule has 0 fully saturated rings. The first-order valence-electron chi connectivity index (χ1n) is 8.36. The number of aryl methyl sites for hydroxylation is 1. The number of hydrogen-bond acceptors (Lipinski definition) is 3. The molecular weight excluding hydrogens is 376 g/mol. The molecule has 0 aliphatic rings. The quantitative estimate of drug-likeness (QED) is 0.670. The van der Waals surface area contributed by atoms with Crippen molar-refractivity contribution in [1.29, 1.82) is 0 Å². The highest BCUT2D eigenvalue weighted by atomic mass is 19.4. The van der Waals surface area contributed by atoms with E-state index in [-0.39, 0.29) is 29.5 Å². The Balaban J connectivity index is 2.05. The van der Waals surface area contributed by atoms with E-state index >= 15 is 0 Å². The van der Waals surface area contributed by atoms with Gasteiger partial charge in [-0.25, -0.2) is 9.37 Å². The Morgan fingerprint density at radius 1 is 1.25 bits per heavy atom. The monoisotopic (exact) mass is 394 g/mol. The Bertz CT molecular complexity index is 1040. The number of fused-ring (bicyclic) bond motifs is 1. The van der Waals surface area contributed by atoms with Gasteiger partial charge in [0.1, 0.15) is 18.2 Å². The van der Waals surface area contributed by atoms with Crippen LogP contribution in [0.1, 0.15) is 11.1 Å². The highest BCUT2D eigenvalue weighted by Crippen LogP contribution is 2.39. The van der Waals surface area contributed by atoms with Crippen LogP contribution in [0.25, 0.3) is 10.9 Å². The number of alkyl halides is 3. The summed E-state index contributed by atoms with van der Waals surface area (Å²) in [7, 11) is 3.27. The van der Waals surface area contributed by atoms with Crippen LogP contribution in [-0.2, 0) is 17.5 Å². The van der Waals surface area contributed by atoms with Gasteiger partial charge in [-0.15, -0.1) is 0 Å². The maximum atomic E-state index is 13.5. The van der Waals surface area contributed by atoms with Crippen molar-refractivity contribution in [2.75, 3.05) is 19.4 Å². The Kier molecular flexibility index (Phi) is 5.01. The number of likely N-dealkylation sites (N-methyl/N-ethyl adjacent to an activating group) is 1. The van der Waals surface area contributed by atoms with Crippen LogP contribution in [0.2, 0.25) is 0 Å². The van der Waals surface area contributed by atoms with Gasteiger partial charge in [-0.1, -0.05) is 0 Å². The average Bonchev–Trinajstić information content (AvgIpc) is 3.00. The van der Waals surface area contributed by atoms with Crippen molar-refractivity contribution in [3.05, 3.63) is 53.6 Å². The van der Waals surface area contributed by atoms with E-state index in [2.05, 4.69) is 10.3 Å². The molecule has 1 N–H and O–H groups in total. The zero-order valence-corrected chi connectivity index (χ0v) is 15.4. The van der Waals surface area contributed by atoms with Crippen LogP contribution in [0.4, 0.5) is 29.1 Å². The van der Waals surface area contributed by atoms with Gasteiger partial charge in [0.15, 0.2) is 0 Å². The molecule has 28 heavy (non-hydrogen) atoms. The van der Waals surface area contributed by atoms with Crippen LogP contribution in [0.5, 0.6) is 0 Å². The summed E-state index contributed by atoms with van der Waals surface area (Å²) in [6, 6.07) is 4.82. The van der Waals surface area contributed by atoms with E-state index in [0.717, 1.165) is 6.07 Å². The lowest BCUT2D eigenvalue weighted by atomic mass is 10.1. The number of rotatable bonds is 4. The molecular formula is C19H18F4N4O. The second-order valence-electron chi connectivity index (χ2n) is 6.59. The molecule has 0 saturated heterocycles. The van der Waals surface area contributed by atoms with E-state index in [4.69, 9.17) is 0 Å². The lowest BCUT2D eigenvalue weighted by molar-refractivity contribution is -0.137. The topological polar surface area (TPSA) is 50.2 Å². The third kappa shape index (κ3) is 3.78. The van der Waals surface area contributed by atoms with E-state index in [0.29, 0.717) is 17.0 Å². The Morgan fingerprint density at radius 2 is 1.96 bits per heavy atom. The van der Waals surface area contributed by atoms with Gasteiger partial charge in [0.25, 0.3) is 0 Å². The number of aromatic nitrogens is 2. The zero-order chi connectivity index (χ0) is 20.6. The van der Waals surface area contributed by atoms with Crippen molar-refractivity contribution in [3.8, 4) is 0 Å². The van der Waals surface area contributed by atoms with Gasteiger partial charge < -0.3 is 14.8 Å². The summed E-state index contributed by atoms with van der Waals surface area (Å²) in [4.78, 5) is 17.6. The van der Waals surface area contributed by atoms with Gasteiger partial charge >= 0.3 is 6.18 Å². The van der Waals surface area contributed by atoms with E-state index < -0.39 is 17.6 Å². The Labute approximate surface area is 158 Å². The molecule has 0 saturated carbocycles. The molecule has 3 aromatic rings. The zero-order valence-electron chi connectivity index (χ0n) is 15.4. The summed E-state index contributed by atoms with van der Waals surface area (Å²) < 4.78 is 55.3. The van der Waals surface area contributed by atoms with E-state index in [1.807, 2.05) is 0 Å². The molecule has 3 rings (SSSR count). The Hall–Kier alpha value is -3.10. The SMILES string of the molecule is Cc1cc(F)cc(C(F)(F)F)c1Nc1nccc2c1ccn2CC(=O)N(C)C. The minimum Gasteiger partial charge on any atom is -0.347 e. The predicted octanol–water partition coefficient (Wildman–Crippen LogP) is 4.33. The number of amides is 1. The molecule has 0 bridgehead atoms. The summed E-state index contributed by atoms with van der Waals surface area (Å²) in [5.74, 6) is -0.902. The maximum Gasteiger partial charge on any atom is 0.418 e. The molecule has 0 spiro atoms. The van der Waals surface area contributed by atoms with Crippen molar-refractivity contribution in [2.45, 2.75) is 19.6 Å². The van der Waals surface area contributed by atoms with Crippen molar-refractivity contribution in [1.82, 2.24) is 14.5 Å². The van der Waals surface area contributed by atoms with Gasteiger partial charge in [0, 0.05) is 31.9 Å². The van der Waals surface area contributed by atoms with E-state index in [9.17, 15) is 22.4 Å². The number of anilines is 2. The third-order valence-corrected chi connectivity index (χ3v) is 4.35. The largest absolute Gasteiger partial charge is 0.418 e. The van der Waals surface area contributed by atoms with Gasteiger partial charge in [0.05, 0.1) is 16.8 Å². The van der Waals surface area contributed by atoms with Crippen LogP contribution in [0.15, 0.2) is 36.7 Å². The Morgan fingerprint density at radius 3 is 2.61 bits per heavy atom. The molecule has 0 aliphatic heterocycles. The van der Waals surface area contributed by atoms with E-state index in [1.165, 1.54) is 18.0 Å². The van der Waals surface area contributed by atoms with E-state index in [1.54, 1.807) is 37.0 Å². The number of nitrogens with zero attached hydrogens (tertiary/aromatic N) is 3. The van der Waals surface area contributed by atoms with Gasteiger partial charge in [-0.3, -0.25) is 4.79 Å². The highest BCUT2D eigenvalue weighted by molar-refractivity contribution is 5.93. The van der Waals surface area contributed by atoms with Crippen LogP contribution in [0.3, 0.4) is 0 Å². The fourth-order valence-electron chi connectivity index (χ4n) is 2.90. The molecule has 148 valence electrons. The van der Waals surface area contributed by atoms with Crippen molar-refractivity contribution in [2.24, 2.45) is 0 Å². The first-order chi connectivity index (χ1) is 13.1. The number of halogens is 4. The van der Waals surface area contributed by atoms with Crippen LogP contribution >= 0.6 is 0 Å². The number of pyridine rings is 1.